The minimum absolute atomic E-state index is 0.0447. The standard InChI is InChI=1S/C15H23NO2/c1-12(17)9-10-16-11-15(2,3)13-5-7-14(18-4)8-6-13/h5-8,16H,9-11H2,1-4H3. The van der Waals surface area contributed by atoms with Crippen molar-refractivity contribution < 1.29 is 9.53 Å². The molecule has 0 unspecified atom stereocenters. The highest BCUT2D eigenvalue weighted by Gasteiger charge is 2.19. The molecular formula is C15H23NO2. The van der Waals surface area contributed by atoms with Crippen molar-refractivity contribution in [3.63, 3.8) is 0 Å². The molecule has 0 aromatic heterocycles. The van der Waals surface area contributed by atoms with Gasteiger partial charge in [0, 0.05) is 24.9 Å². The van der Waals surface area contributed by atoms with Crippen molar-refractivity contribution in [2.24, 2.45) is 0 Å². The SMILES string of the molecule is COc1ccc(C(C)(C)CNCCC(C)=O)cc1. The van der Waals surface area contributed by atoms with Crippen molar-refractivity contribution in [3.8, 4) is 5.75 Å². The quantitative estimate of drug-likeness (QED) is 0.755. The molecule has 0 fully saturated rings. The van der Waals surface area contributed by atoms with E-state index in [1.807, 2.05) is 12.1 Å². The lowest BCUT2D eigenvalue weighted by molar-refractivity contribution is -0.116. The maximum atomic E-state index is 10.9. The lowest BCUT2D eigenvalue weighted by atomic mass is 9.84. The number of hydrogen-bond donors (Lipinski definition) is 1. The lowest BCUT2D eigenvalue weighted by Gasteiger charge is -2.26. The molecule has 0 bridgehead atoms. The number of methoxy groups -OCH3 is 1. The molecule has 1 rings (SSSR count). The largest absolute Gasteiger partial charge is 0.497 e. The molecule has 0 radical (unpaired) electrons. The van der Waals surface area contributed by atoms with Crippen LogP contribution in [0.4, 0.5) is 0 Å². The van der Waals surface area contributed by atoms with Gasteiger partial charge in [0.2, 0.25) is 0 Å². The monoisotopic (exact) mass is 249 g/mol. The van der Waals surface area contributed by atoms with Gasteiger partial charge in [0.25, 0.3) is 0 Å². The highest BCUT2D eigenvalue weighted by atomic mass is 16.5. The van der Waals surface area contributed by atoms with Gasteiger partial charge in [-0.05, 0) is 24.6 Å². The van der Waals surface area contributed by atoms with Crippen LogP contribution >= 0.6 is 0 Å². The normalized spacial score (nSPS) is 11.3. The smallest absolute Gasteiger partial charge is 0.131 e. The van der Waals surface area contributed by atoms with Crippen molar-refractivity contribution in [1.29, 1.82) is 0 Å². The highest BCUT2D eigenvalue weighted by molar-refractivity contribution is 5.75. The minimum Gasteiger partial charge on any atom is -0.497 e. The van der Waals surface area contributed by atoms with Crippen LogP contribution in [0.1, 0.15) is 32.8 Å². The first kappa shape index (κ1) is 14.7. The number of carbonyl (C=O) groups excluding carboxylic acids is 1. The van der Waals surface area contributed by atoms with E-state index in [0.717, 1.165) is 18.8 Å². The molecule has 1 aromatic carbocycles. The van der Waals surface area contributed by atoms with Gasteiger partial charge in [-0.1, -0.05) is 26.0 Å². The van der Waals surface area contributed by atoms with Crippen molar-refractivity contribution >= 4 is 5.78 Å². The van der Waals surface area contributed by atoms with Crippen LogP contribution < -0.4 is 10.1 Å². The van der Waals surface area contributed by atoms with Gasteiger partial charge in [0.1, 0.15) is 11.5 Å². The summed E-state index contributed by atoms with van der Waals surface area (Å²) in [5.41, 5.74) is 1.31. The van der Waals surface area contributed by atoms with Crippen LogP contribution in [0.2, 0.25) is 0 Å². The molecule has 0 amide bonds. The zero-order chi connectivity index (χ0) is 13.6. The summed E-state index contributed by atoms with van der Waals surface area (Å²) in [5, 5.41) is 3.33. The predicted octanol–water partition coefficient (Wildman–Crippen LogP) is 2.54. The van der Waals surface area contributed by atoms with Gasteiger partial charge in [-0.15, -0.1) is 0 Å². The second-order valence-corrected chi connectivity index (χ2v) is 5.24. The van der Waals surface area contributed by atoms with Gasteiger partial charge >= 0.3 is 0 Å². The van der Waals surface area contributed by atoms with Crippen molar-refractivity contribution in [1.82, 2.24) is 5.32 Å². The first-order chi connectivity index (χ1) is 8.45. The average Bonchev–Trinajstić information content (AvgIpc) is 2.34. The zero-order valence-corrected chi connectivity index (χ0v) is 11.7. The van der Waals surface area contributed by atoms with Crippen LogP contribution in [0.25, 0.3) is 0 Å². The topological polar surface area (TPSA) is 38.3 Å². The average molecular weight is 249 g/mol. The van der Waals surface area contributed by atoms with Crippen molar-refractivity contribution in [2.45, 2.75) is 32.6 Å². The third-order valence-electron chi connectivity index (χ3n) is 3.09. The van der Waals surface area contributed by atoms with Crippen LogP contribution in [-0.2, 0) is 10.2 Å². The maximum Gasteiger partial charge on any atom is 0.131 e. The molecule has 18 heavy (non-hydrogen) atoms. The van der Waals surface area contributed by atoms with Crippen LogP contribution in [-0.4, -0.2) is 26.0 Å². The number of carbonyl (C=O) groups is 1. The second-order valence-electron chi connectivity index (χ2n) is 5.24. The Hall–Kier alpha value is -1.35. The molecule has 1 aromatic rings. The fourth-order valence-electron chi connectivity index (χ4n) is 1.81. The number of ketones is 1. The van der Waals surface area contributed by atoms with E-state index in [2.05, 4.69) is 31.3 Å². The Labute approximate surface area is 110 Å². The molecular weight excluding hydrogens is 226 g/mol. The molecule has 0 spiro atoms. The van der Waals surface area contributed by atoms with E-state index in [0.29, 0.717) is 6.42 Å². The summed E-state index contributed by atoms with van der Waals surface area (Å²) in [6.45, 7) is 7.60. The van der Waals surface area contributed by atoms with E-state index in [9.17, 15) is 4.79 Å². The molecule has 0 saturated carbocycles. The Morgan fingerprint density at radius 3 is 2.39 bits per heavy atom. The number of rotatable bonds is 7. The van der Waals surface area contributed by atoms with E-state index in [-0.39, 0.29) is 11.2 Å². The van der Waals surface area contributed by atoms with Crippen LogP contribution in [0.5, 0.6) is 5.75 Å². The zero-order valence-electron chi connectivity index (χ0n) is 11.7. The summed E-state index contributed by atoms with van der Waals surface area (Å²) in [4.78, 5) is 10.9. The molecule has 0 atom stereocenters. The molecule has 0 heterocycles. The number of hydrogen-bond acceptors (Lipinski definition) is 3. The number of benzene rings is 1. The predicted molar refractivity (Wildman–Crippen MR) is 74.2 cm³/mol. The third kappa shape index (κ3) is 4.49. The van der Waals surface area contributed by atoms with E-state index in [1.165, 1.54) is 5.56 Å². The second kappa shape index (κ2) is 6.55. The Balaban J connectivity index is 2.53. The van der Waals surface area contributed by atoms with Gasteiger partial charge < -0.3 is 10.1 Å². The third-order valence-corrected chi connectivity index (χ3v) is 3.09. The van der Waals surface area contributed by atoms with Gasteiger partial charge in [0.05, 0.1) is 7.11 Å². The van der Waals surface area contributed by atoms with E-state index < -0.39 is 0 Å². The van der Waals surface area contributed by atoms with Crippen LogP contribution in [0.3, 0.4) is 0 Å². The van der Waals surface area contributed by atoms with E-state index >= 15 is 0 Å². The number of ether oxygens (including phenoxy) is 1. The lowest BCUT2D eigenvalue weighted by Crippen LogP contribution is -2.33. The fourth-order valence-corrected chi connectivity index (χ4v) is 1.81. The first-order valence-corrected chi connectivity index (χ1v) is 6.30. The molecule has 0 aliphatic carbocycles. The molecule has 3 heteroatoms. The molecule has 0 aliphatic rings. The van der Waals surface area contributed by atoms with E-state index in [4.69, 9.17) is 4.74 Å². The molecule has 3 nitrogen and oxygen atoms in total. The van der Waals surface area contributed by atoms with Crippen LogP contribution in [0, 0.1) is 0 Å². The summed E-state index contributed by atoms with van der Waals surface area (Å²) in [5.74, 6) is 1.10. The number of nitrogens with one attached hydrogen (secondary N) is 1. The van der Waals surface area contributed by atoms with Crippen molar-refractivity contribution in [3.05, 3.63) is 29.8 Å². The van der Waals surface area contributed by atoms with Gasteiger partial charge in [-0.25, -0.2) is 0 Å². The summed E-state index contributed by atoms with van der Waals surface area (Å²) < 4.78 is 5.15. The highest BCUT2D eigenvalue weighted by Crippen LogP contribution is 2.24. The Bertz CT molecular complexity index is 382. The molecule has 0 aliphatic heterocycles. The summed E-state index contributed by atoms with van der Waals surface area (Å²) in [7, 11) is 1.67. The van der Waals surface area contributed by atoms with E-state index in [1.54, 1.807) is 14.0 Å². The first-order valence-electron chi connectivity index (χ1n) is 6.30. The molecule has 1 N–H and O–H groups in total. The van der Waals surface area contributed by atoms with Gasteiger partial charge in [0.15, 0.2) is 0 Å². The van der Waals surface area contributed by atoms with Gasteiger partial charge in [-0.3, -0.25) is 4.79 Å². The molecule has 0 saturated heterocycles. The van der Waals surface area contributed by atoms with Crippen molar-refractivity contribution in [2.75, 3.05) is 20.2 Å². The summed E-state index contributed by atoms with van der Waals surface area (Å²) in [6, 6.07) is 8.14. The Kier molecular flexibility index (Phi) is 5.35. The summed E-state index contributed by atoms with van der Waals surface area (Å²) in [6.07, 6.45) is 0.596. The maximum absolute atomic E-state index is 10.9. The van der Waals surface area contributed by atoms with Crippen LogP contribution in [0.15, 0.2) is 24.3 Å². The minimum atomic E-state index is 0.0447. The number of Topliss-reactive ketones (excluding diaryl/α,β-unsaturated/α-hetero) is 1. The fraction of sp³-hybridized carbons (Fsp3) is 0.533. The Morgan fingerprint density at radius 1 is 1.28 bits per heavy atom. The molecule has 100 valence electrons. The van der Waals surface area contributed by atoms with Gasteiger partial charge in [-0.2, -0.15) is 0 Å². The summed E-state index contributed by atoms with van der Waals surface area (Å²) >= 11 is 0. The Morgan fingerprint density at radius 2 is 1.89 bits per heavy atom.